The Balaban J connectivity index is 0.746. The van der Waals surface area contributed by atoms with Crippen molar-refractivity contribution in [1.82, 2.24) is 54.8 Å². The number of amides is 3. The lowest BCUT2D eigenvalue weighted by atomic mass is 9.88. The number of anilines is 1. The van der Waals surface area contributed by atoms with Gasteiger partial charge in [0.2, 0.25) is 11.8 Å². The standard InChI is InChI=1S/C71H81FN12O9S/c1-39(2)62(67(87)82-35-49(85)29-57(82)66(86)77-71(23-24-71)46-19-17-45(18-20-46)64-41(4)73-38-94-64)83-36-55(78-79-83)44-13-11-42(12-14-44)37-91-63-60(59-40(3)54(72)31-56-53(59)32-74-84(56)58-10-8-9-25-90-58)51(43-15-16-43)30-52-61(63)75-68(92-50-21-26-89-27-22-50)76-65(52)80-33-48-28-47(80)34-81(48)69(88)93-70(5,6)7/h11-14,17-20,30-32,36,38-39,43,47-50,57-58,62,85H,8-10,15-16,21-29,33-35,37H2,1-7H3,(H,77,86)/t47-,48-,49+,57-,58?,62-/m0/s1. The zero-order valence-corrected chi connectivity index (χ0v) is 55.2. The molecule has 4 aromatic carbocycles. The van der Waals surface area contributed by atoms with Gasteiger partial charge in [-0.25, -0.2) is 23.5 Å². The third-order valence-corrected chi connectivity index (χ3v) is 21.0. The van der Waals surface area contributed by atoms with Gasteiger partial charge in [-0.1, -0.05) is 67.6 Å². The van der Waals surface area contributed by atoms with Crippen LogP contribution in [0.1, 0.15) is 151 Å². The molecule has 2 bridgehead atoms. The molecule has 21 nitrogen and oxygen atoms in total. The quantitative estimate of drug-likeness (QED) is 0.0864. The van der Waals surface area contributed by atoms with Gasteiger partial charge in [-0.2, -0.15) is 15.1 Å². The lowest BCUT2D eigenvalue weighted by molar-refractivity contribution is -0.142. The molecule has 4 aromatic heterocycles. The van der Waals surface area contributed by atoms with Crippen LogP contribution in [-0.4, -0.2) is 148 Å². The van der Waals surface area contributed by atoms with Gasteiger partial charge in [0.15, 0.2) is 12.0 Å². The van der Waals surface area contributed by atoms with E-state index in [-0.39, 0.29) is 85.6 Å². The largest absolute Gasteiger partial charge is 0.486 e. The first-order chi connectivity index (χ1) is 45.3. The van der Waals surface area contributed by atoms with Gasteiger partial charge in [-0.3, -0.25) is 9.59 Å². The van der Waals surface area contributed by atoms with Crippen molar-refractivity contribution < 1.29 is 47.6 Å². The number of nitrogens with one attached hydrogen (secondary N) is 1. The molecule has 0 spiro atoms. The molecule has 94 heavy (non-hydrogen) atoms. The van der Waals surface area contributed by atoms with Gasteiger partial charge in [-0.15, -0.1) is 16.4 Å². The number of halogens is 1. The average Bonchev–Trinajstić information content (AvgIpc) is 1.15. The van der Waals surface area contributed by atoms with E-state index in [4.69, 9.17) is 38.8 Å². The van der Waals surface area contributed by atoms with Crippen molar-refractivity contribution in [3.63, 3.8) is 0 Å². The number of thiazole rings is 1. The maximum absolute atomic E-state index is 17.0. The summed E-state index contributed by atoms with van der Waals surface area (Å²) in [6.07, 6.45) is 10.2. The van der Waals surface area contributed by atoms with E-state index >= 15 is 4.39 Å². The van der Waals surface area contributed by atoms with E-state index < -0.39 is 29.3 Å². The molecule has 2 aliphatic carbocycles. The van der Waals surface area contributed by atoms with Crippen molar-refractivity contribution in [1.29, 1.82) is 0 Å². The summed E-state index contributed by atoms with van der Waals surface area (Å²) in [5, 5.41) is 30.0. The molecule has 9 heterocycles. The molecule has 1 unspecified atom stereocenters. The van der Waals surface area contributed by atoms with Gasteiger partial charge in [0.25, 0.3) is 0 Å². The van der Waals surface area contributed by atoms with Crippen LogP contribution in [0, 0.1) is 25.6 Å². The first kappa shape index (κ1) is 62.0. The Bertz CT molecular complexity index is 4200. The zero-order valence-electron chi connectivity index (χ0n) is 54.3. The predicted molar refractivity (Wildman–Crippen MR) is 352 cm³/mol. The Morgan fingerprint density at radius 2 is 1.65 bits per heavy atom. The normalized spacial score (nSPS) is 22.4. The summed E-state index contributed by atoms with van der Waals surface area (Å²) in [5.41, 5.74) is 9.86. The molecule has 5 aliphatic heterocycles. The molecule has 23 heteroatoms. The Morgan fingerprint density at radius 1 is 0.872 bits per heavy atom. The van der Waals surface area contributed by atoms with Gasteiger partial charge in [0.1, 0.15) is 53.2 Å². The first-order valence-corrected chi connectivity index (χ1v) is 34.4. The van der Waals surface area contributed by atoms with Crippen LogP contribution < -0.4 is 19.7 Å². The fraction of sp³-hybridized carbons (Fsp3) is 0.507. The summed E-state index contributed by atoms with van der Waals surface area (Å²) in [5.74, 6) is 0.0610. The summed E-state index contributed by atoms with van der Waals surface area (Å²) in [6.45, 7) is 16.1. The highest BCUT2D eigenvalue weighted by molar-refractivity contribution is 7.13. The number of aliphatic hydroxyl groups is 1. The van der Waals surface area contributed by atoms with Crippen molar-refractivity contribution >= 4 is 56.9 Å². The molecule has 0 radical (unpaired) electrons. The van der Waals surface area contributed by atoms with E-state index in [1.165, 1.54) is 4.90 Å². The van der Waals surface area contributed by atoms with Crippen molar-refractivity contribution in [3.05, 3.63) is 112 Å². The van der Waals surface area contributed by atoms with Gasteiger partial charge in [0.05, 0.1) is 70.9 Å². The van der Waals surface area contributed by atoms with E-state index in [0.717, 1.165) is 106 Å². The Labute approximate surface area is 549 Å². The van der Waals surface area contributed by atoms with Gasteiger partial charge >= 0.3 is 12.1 Å². The van der Waals surface area contributed by atoms with Crippen molar-refractivity contribution in [3.8, 4) is 44.6 Å². The minimum Gasteiger partial charge on any atom is -0.486 e. The number of aliphatic hydroxyl groups excluding tert-OH is 1. The summed E-state index contributed by atoms with van der Waals surface area (Å²) in [4.78, 5) is 64.6. The summed E-state index contributed by atoms with van der Waals surface area (Å²) < 4.78 is 52.4. The van der Waals surface area contributed by atoms with Crippen molar-refractivity contribution in [2.75, 3.05) is 44.4 Å². The number of aryl methyl sites for hydroxylation is 1. The number of piperazine rings is 1. The summed E-state index contributed by atoms with van der Waals surface area (Å²) >= 11 is 1.60. The molecule has 492 valence electrons. The van der Waals surface area contributed by atoms with E-state index in [2.05, 4.69) is 55.8 Å². The molecule has 15 rings (SSSR count). The second-order valence-corrected chi connectivity index (χ2v) is 29.1. The Kier molecular flexibility index (Phi) is 16.2. The molecule has 3 amide bonds. The minimum absolute atomic E-state index is 0.0188. The number of nitrogens with zero attached hydrogens (tertiary/aromatic N) is 11. The monoisotopic (exact) mass is 1300 g/mol. The lowest BCUT2D eigenvalue weighted by Gasteiger charge is -2.36. The highest BCUT2D eigenvalue weighted by atomic mass is 32.1. The maximum atomic E-state index is 17.0. The number of hydrogen-bond acceptors (Lipinski definition) is 17. The van der Waals surface area contributed by atoms with Gasteiger partial charge in [-0.05, 0) is 132 Å². The minimum atomic E-state index is -0.872. The number of ether oxygens (including phenoxy) is 5. The van der Waals surface area contributed by atoms with Crippen LogP contribution in [0.5, 0.6) is 11.8 Å². The highest BCUT2D eigenvalue weighted by Gasteiger charge is 2.51. The number of carbonyl (C=O) groups is 3. The second kappa shape index (κ2) is 24.6. The van der Waals surface area contributed by atoms with E-state index in [1.807, 2.05) is 94.0 Å². The lowest BCUT2D eigenvalue weighted by Crippen LogP contribution is -2.51. The number of benzene rings is 4. The average molecular weight is 1300 g/mol. The van der Waals surface area contributed by atoms with Crippen LogP contribution in [0.3, 0.4) is 0 Å². The fourth-order valence-corrected chi connectivity index (χ4v) is 15.7. The van der Waals surface area contributed by atoms with Crippen LogP contribution >= 0.6 is 11.3 Å². The molecule has 7 aliphatic rings. The molecule has 2 saturated carbocycles. The highest BCUT2D eigenvalue weighted by Crippen LogP contribution is 2.55. The number of hydrogen-bond donors (Lipinski definition) is 2. The molecular formula is C71H81FN12O9S. The molecule has 8 aromatic rings. The molecule has 5 saturated heterocycles. The van der Waals surface area contributed by atoms with Crippen LogP contribution in [-0.2, 0) is 35.9 Å². The van der Waals surface area contributed by atoms with E-state index in [0.29, 0.717) is 85.2 Å². The topological polar surface area (TPSA) is 227 Å². The molecule has 2 N–H and O–H groups in total. The molecule has 6 atom stereocenters. The Hall–Kier alpha value is -8.12. The molecule has 7 fully saturated rings. The third kappa shape index (κ3) is 11.8. The maximum Gasteiger partial charge on any atom is 0.410 e. The zero-order chi connectivity index (χ0) is 64.9. The van der Waals surface area contributed by atoms with E-state index in [9.17, 15) is 19.5 Å². The number of β-amino-alcohol motifs (C(OH)–C–C–N with tert-alkyl or cyclic N) is 1. The number of fused-ring (bicyclic) bond motifs is 4. The fourth-order valence-electron chi connectivity index (χ4n) is 14.8. The number of carbonyl (C=O) groups excluding carboxylic acids is 3. The van der Waals surface area contributed by atoms with Crippen LogP contribution in [0.15, 0.2) is 78.6 Å². The van der Waals surface area contributed by atoms with Gasteiger partial charge in [0, 0.05) is 79.0 Å². The summed E-state index contributed by atoms with van der Waals surface area (Å²) in [6, 6.07) is 18.2. The van der Waals surface area contributed by atoms with E-state index in [1.54, 1.807) is 28.3 Å². The van der Waals surface area contributed by atoms with Crippen molar-refractivity contribution in [2.45, 2.75) is 185 Å². The van der Waals surface area contributed by atoms with Gasteiger partial charge < -0.3 is 48.8 Å². The Morgan fingerprint density at radius 3 is 2.33 bits per heavy atom. The smallest absolute Gasteiger partial charge is 0.410 e. The third-order valence-electron chi connectivity index (χ3n) is 20.0. The molecular weight excluding hydrogens is 1220 g/mol. The first-order valence-electron chi connectivity index (χ1n) is 33.5. The number of rotatable bonds is 17. The predicted octanol–water partition coefficient (Wildman–Crippen LogP) is 11.7. The second-order valence-electron chi connectivity index (χ2n) is 28.2. The number of likely N-dealkylation sites (tertiary alicyclic amines) is 2. The SMILES string of the molecule is Cc1ncsc1-c1ccc(C2(NC(=O)[C@@H]3C[C@@H](O)CN3C(=O)[C@H](C(C)C)n3cc(-c4ccc(COc5c(-c6c(C)c(F)cc7c6cnn7C6CCCCO6)c(C6CC6)cc6c(N7C[C@@H]8C[C@H]7CN8C(=O)OC(C)(C)C)nc(OC7CCOCC7)nc56)cc4)nn3)CC2)cc1. The van der Waals surface area contributed by atoms with Crippen LogP contribution in [0.25, 0.3) is 54.6 Å². The summed E-state index contributed by atoms with van der Waals surface area (Å²) in [7, 11) is 0. The van der Waals surface area contributed by atoms with Crippen LogP contribution in [0.4, 0.5) is 15.0 Å². The van der Waals surface area contributed by atoms with Crippen LogP contribution in [0.2, 0.25) is 0 Å². The van der Waals surface area contributed by atoms with Crippen molar-refractivity contribution in [2.24, 2.45) is 5.92 Å². The number of aromatic nitrogens is 8.